The summed E-state index contributed by atoms with van der Waals surface area (Å²) >= 11 is 0. The zero-order chi connectivity index (χ0) is 20.2. The second kappa shape index (κ2) is 5.69. The Morgan fingerprint density at radius 3 is 1.78 bits per heavy atom. The first kappa shape index (κ1) is 17.7. The Labute approximate surface area is 148 Å². The topological polar surface area (TPSA) is 201 Å². The van der Waals surface area contributed by atoms with E-state index in [0.29, 0.717) is 6.07 Å². The third-order valence-corrected chi connectivity index (χ3v) is 3.88. The molecule has 0 unspecified atom stereocenters. The number of hydrogen-bond acceptors (Lipinski definition) is 11. The SMILES string of the molecule is COc1c(O)c(O)c2oc(-c3c(O)c(O)c(O)c(O)c3O)cc(=O)c2c1O. The number of ether oxygens (including phenoxy) is 1. The quantitative estimate of drug-likeness (QED) is 0.234. The van der Waals surface area contributed by atoms with Crippen LogP contribution in [-0.2, 0) is 0 Å². The van der Waals surface area contributed by atoms with E-state index in [1.807, 2.05) is 0 Å². The van der Waals surface area contributed by atoms with E-state index in [2.05, 4.69) is 0 Å². The average molecular weight is 380 g/mol. The molecule has 1 aromatic heterocycles. The van der Waals surface area contributed by atoms with E-state index < -0.39 is 79.5 Å². The Hall–Kier alpha value is -4.15. The smallest absolute Gasteiger partial charge is 0.208 e. The molecule has 11 heteroatoms. The van der Waals surface area contributed by atoms with Gasteiger partial charge in [-0.15, -0.1) is 0 Å². The van der Waals surface area contributed by atoms with Crippen molar-refractivity contribution in [3.63, 3.8) is 0 Å². The molecular weight excluding hydrogens is 368 g/mol. The predicted octanol–water partition coefficient (Wildman–Crippen LogP) is 1.11. The zero-order valence-electron chi connectivity index (χ0n) is 13.4. The van der Waals surface area contributed by atoms with Crippen molar-refractivity contribution in [3.8, 4) is 63.1 Å². The molecule has 3 rings (SSSR count). The minimum Gasteiger partial charge on any atom is -0.504 e. The van der Waals surface area contributed by atoms with Crippen molar-refractivity contribution in [3.05, 3.63) is 16.3 Å². The van der Waals surface area contributed by atoms with Crippen LogP contribution in [0.2, 0.25) is 0 Å². The largest absolute Gasteiger partial charge is 0.504 e. The van der Waals surface area contributed by atoms with E-state index in [1.165, 1.54) is 0 Å². The molecule has 0 aliphatic carbocycles. The van der Waals surface area contributed by atoms with Gasteiger partial charge in [0, 0.05) is 6.07 Å². The first-order valence-electron chi connectivity index (χ1n) is 7.09. The molecule has 0 saturated carbocycles. The van der Waals surface area contributed by atoms with E-state index in [1.54, 1.807) is 0 Å². The monoisotopic (exact) mass is 380 g/mol. The minimum atomic E-state index is -1.22. The highest BCUT2D eigenvalue weighted by molar-refractivity contribution is 5.95. The molecule has 1 heterocycles. The predicted molar refractivity (Wildman–Crippen MR) is 87.8 cm³/mol. The molecule has 0 amide bonds. The van der Waals surface area contributed by atoms with Crippen LogP contribution in [0.5, 0.6) is 51.7 Å². The number of phenolic OH excluding ortho intramolecular Hbond substituents is 8. The number of methoxy groups -OCH3 is 1. The van der Waals surface area contributed by atoms with Crippen molar-refractivity contribution in [1.82, 2.24) is 0 Å². The van der Waals surface area contributed by atoms with Crippen LogP contribution in [0.4, 0.5) is 0 Å². The summed E-state index contributed by atoms with van der Waals surface area (Å²) in [5.74, 6) is -10.00. The maximum absolute atomic E-state index is 12.4. The van der Waals surface area contributed by atoms with Gasteiger partial charge in [0.15, 0.2) is 28.3 Å². The molecule has 0 bridgehead atoms. The lowest BCUT2D eigenvalue weighted by atomic mass is 10.1. The maximum atomic E-state index is 12.4. The molecule has 0 aliphatic heterocycles. The zero-order valence-corrected chi connectivity index (χ0v) is 13.4. The van der Waals surface area contributed by atoms with E-state index in [9.17, 15) is 45.6 Å². The molecule has 0 atom stereocenters. The summed E-state index contributed by atoms with van der Waals surface area (Å²) in [5, 5.41) is 77.9. The van der Waals surface area contributed by atoms with Gasteiger partial charge in [-0.2, -0.15) is 0 Å². The molecule has 142 valence electrons. The minimum absolute atomic E-state index is 0.586. The number of phenols is 8. The fourth-order valence-corrected chi connectivity index (χ4v) is 2.56. The van der Waals surface area contributed by atoms with Gasteiger partial charge in [0.05, 0.1) is 7.11 Å². The number of benzene rings is 2. The lowest BCUT2D eigenvalue weighted by molar-refractivity contribution is 0.327. The van der Waals surface area contributed by atoms with Crippen LogP contribution in [0.1, 0.15) is 0 Å². The normalized spacial score (nSPS) is 11.0. The third-order valence-electron chi connectivity index (χ3n) is 3.88. The van der Waals surface area contributed by atoms with Crippen molar-refractivity contribution in [2.75, 3.05) is 7.11 Å². The van der Waals surface area contributed by atoms with Gasteiger partial charge in [0.2, 0.25) is 34.5 Å². The fourth-order valence-electron chi connectivity index (χ4n) is 2.56. The molecule has 0 aliphatic rings. The van der Waals surface area contributed by atoms with Crippen molar-refractivity contribution in [2.45, 2.75) is 0 Å². The van der Waals surface area contributed by atoms with Crippen molar-refractivity contribution >= 4 is 11.0 Å². The van der Waals surface area contributed by atoms with Gasteiger partial charge in [-0.05, 0) is 0 Å². The molecule has 3 aromatic rings. The number of aromatic hydroxyl groups is 8. The lowest BCUT2D eigenvalue weighted by Crippen LogP contribution is -2.02. The number of hydrogen-bond donors (Lipinski definition) is 8. The molecule has 0 radical (unpaired) electrons. The highest BCUT2D eigenvalue weighted by atomic mass is 16.5. The van der Waals surface area contributed by atoms with Gasteiger partial charge >= 0.3 is 0 Å². The summed E-state index contributed by atoms with van der Waals surface area (Å²) in [7, 11) is 1.06. The van der Waals surface area contributed by atoms with E-state index in [4.69, 9.17) is 9.15 Å². The Balaban J connectivity index is 2.48. The van der Waals surface area contributed by atoms with Crippen LogP contribution in [0.15, 0.2) is 15.3 Å². The van der Waals surface area contributed by atoms with Crippen LogP contribution in [0.25, 0.3) is 22.3 Å². The van der Waals surface area contributed by atoms with Gasteiger partial charge in [0.25, 0.3) is 0 Å². The van der Waals surface area contributed by atoms with Crippen LogP contribution in [-0.4, -0.2) is 48.0 Å². The van der Waals surface area contributed by atoms with Crippen molar-refractivity contribution in [2.24, 2.45) is 0 Å². The summed E-state index contributed by atoms with van der Waals surface area (Å²) < 4.78 is 9.89. The highest BCUT2D eigenvalue weighted by Gasteiger charge is 2.29. The van der Waals surface area contributed by atoms with Crippen LogP contribution < -0.4 is 10.2 Å². The first-order chi connectivity index (χ1) is 12.6. The van der Waals surface area contributed by atoms with Gasteiger partial charge in [-0.3, -0.25) is 4.79 Å². The second-order valence-electron chi connectivity index (χ2n) is 5.38. The summed E-state index contributed by atoms with van der Waals surface area (Å²) in [6.45, 7) is 0. The number of fused-ring (bicyclic) bond motifs is 1. The van der Waals surface area contributed by atoms with Crippen molar-refractivity contribution < 1.29 is 50.0 Å². The summed E-state index contributed by atoms with van der Waals surface area (Å²) in [6.07, 6.45) is 0. The second-order valence-corrected chi connectivity index (χ2v) is 5.38. The summed E-state index contributed by atoms with van der Waals surface area (Å²) in [6, 6.07) is 0.655. The molecule has 2 aromatic carbocycles. The Kier molecular flexibility index (Phi) is 3.72. The van der Waals surface area contributed by atoms with E-state index >= 15 is 0 Å². The van der Waals surface area contributed by atoms with E-state index in [0.717, 1.165) is 7.11 Å². The molecule has 11 nitrogen and oxygen atoms in total. The van der Waals surface area contributed by atoms with Crippen molar-refractivity contribution in [1.29, 1.82) is 0 Å². The summed E-state index contributed by atoms with van der Waals surface area (Å²) in [4.78, 5) is 12.4. The average Bonchev–Trinajstić information content (AvgIpc) is 2.63. The Morgan fingerprint density at radius 2 is 1.26 bits per heavy atom. The lowest BCUT2D eigenvalue weighted by Gasteiger charge is -2.14. The van der Waals surface area contributed by atoms with E-state index in [-0.39, 0.29) is 0 Å². The third kappa shape index (κ3) is 2.25. The molecule has 0 fully saturated rings. The fraction of sp³-hybridized carbons (Fsp3) is 0.0625. The number of rotatable bonds is 2. The molecule has 8 N–H and O–H groups in total. The molecular formula is C16H12O11. The van der Waals surface area contributed by atoms with Gasteiger partial charge < -0.3 is 50.0 Å². The van der Waals surface area contributed by atoms with Gasteiger partial charge in [0.1, 0.15) is 16.7 Å². The molecule has 0 saturated heterocycles. The van der Waals surface area contributed by atoms with Crippen LogP contribution >= 0.6 is 0 Å². The molecule has 0 spiro atoms. The van der Waals surface area contributed by atoms with Crippen LogP contribution in [0.3, 0.4) is 0 Å². The first-order valence-corrected chi connectivity index (χ1v) is 7.09. The highest BCUT2D eigenvalue weighted by Crippen LogP contribution is 2.55. The Morgan fingerprint density at radius 1 is 0.741 bits per heavy atom. The maximum Gasteiger partial charge on any atom is 0.208 e. The molecule has 27 heavy (non-hydrogen) atoms. The summed E-state index contributed by atoms with van der Waals surface area (Å²) in [5.41, 5.74) is -2.53. The van der Waals surface area contributed by atoms with Crippen LogP contribution in [0, 0.1) is 0 Å². The van der Waals surface area contributed by atoms with Gasteiger partial charge in [-0.1, -0.05) is 0 Å². The standard InChI is InChI=1S/C16H12O11/c1-26-16-9(20)5-3(17)2-4(27-15(5)13(24)14(16)25)6-7(18)10(21)12(23)11(22)8(6)19/h2,18-25H,1H3. The van der Waals surface area contributed by atoms with Gasteiger partial charge in [-0.25, -0.2) is 0 Å². The Bertz CT molecular complexity index is 1130.